The van der Waals surface area contributed by atoms with E-state index in [-0.39, 0.29) is 0 Å². The van der Waals surface area contributed by atoms with E-state index in [1.807, 2.05) is 0 Å². The van der Waals surface area contributed by atoms with Crippen molar-refractivity contribution in [3.63, 3.8) is 0 Å². The molecule has 2 rings (SSSR count). The van der Waals surface area contributed by atoms with Gasteiger partial charge in [0.25, 0.3) is 0 Å². The van der Waals surface area contributed by atoms with Crippen LogP contribution in [0.2, 0.25) is 0 Å². The Labute approximate surface area is 81.1 Å². The van der Waals surface area contributed by atoms with E-state index in [2.05, 4.69) is 41.1 Å². The Morgan fingerprint density at radius 3 is 2.67 bits per heavy atom. The minimum absolute atomic E-state index is 0.407. The quantitative estimate of drug-likeness (QED) is 0.782. The second kappa shape index (κ2) is 2.86. The lowest BCUT2D eigenvalue weighted by Crippen LogP contribution is -2.01. The van der Waals surface area contributed by atoms with Crippen LogP contribution >= 0.6 is 15.9 Å². The lowest BCUT2D eigenvalue weighted by atomic mass is 10.0. The molecule has 1 aliphatic carbocycles. The van der Waals surface area contributed by atoms with E-state index in [1.165, 1.54) is 11.1 Å². The Hall–Kier alpha value is -0.340. The average molecular weight is 226 g/mol. The maximum absolute atomic E-state index is 5.79. The summed E-state index contributed by atoms with van der Waals surface area (Å²) in [6, 6.07) is 6.83. The highest BCUT2D eigenvalue weighted by molar-refractivity contribution is 9.10. The second-order valence-corrected chi connectivity index (χ2v) is 4.42. The third-order valence-corrected chi connectivity index (χ3v) is 2.96. The van der Waals surface area contributed by atoms with Crippen LogP contribution in [0.25, 0.3) is 0 Å². The Kier molecular flexibility index (Phi) is 1.97. The molecule has 2 heteroatoms. The molecule has 2 N–H and O–H groups in total. The van der Waals surface area contributed by atoms with E-state index in [1.54, 1.807) is 0 Å². The zero-order valence-electron chi connectivity index (χ0n) is 7.05. The summed E-state index contributed by atoms with van der Waals surface area (Å²) in [7, 11) is 0. The first-order chi connectivity index (χ1) is 5.68. The fraction of sp³-hybridized carbons (Fsp3) is 0.400. The molecule has 0 aromatic heterocycles. The van der Waals surface area contributed by atoms with Gasteiger partial charge in [-0.05, 0) is 36.6 Å². The van der Waals surface area contributed by atoms with Gasteiger partial charge in [0.1, 0.15) is 0 Å². The average Bonchev–Trinajstić information content (AvgIpc) is 2.66. The van der Waals surface area contributed by atoms with Crippen LogP contribution in [0, 0.1) is 6.92 Å². The van der Waals surface area contributed by atoms with E-state index in [4.69, 9.17) is 5.73 Å². The number of nitrogens with two attached hydrogens (primary N) is 1. The SMILES string of the molecule is Cc1cc(Br)ccc1C1CC1N. The van der Waals surface area contributed by atoms with Crippen molar-refractivity contribution in [2.75, 3.05) is 0 Å². The number of hydrogen-bond acceptors (Lipinski definition) is 1. The molecule has 1 aromatic rings. The maximum atomic E-state index is 5.79. The van der Waals surface area contributed by atoms with Crippen molar-refractivity contribution in [2.24, 2.45) is 5.73 Å². The predicted octanol–water partition coefficient (Wildman–Crippen LogP) is 2.57. The van der Waals surface area contributed by atoms with E-state index in [9.17, 15) is 0 Å². The number of hydrogen-bond donors (Lipinski definition) is 1. The van der Waals surface area contributed by atoms with E-state index < -0.39 is 0 Å². The van der Waals surface area contributed by atoms with Gasteiger partial charge in [-0.15, -0.1) is 0 Å². The number of benzene rings is 1. The molecule has 2 atom stereocenters. The first-order valence-electron chi connectivity index (χ1n) is 4.20. The normalized spacial score (nSPS) is 27.2. The second-order valence-electron chi connectivity index (χ2n) is 3.51. The third kappa shape index (κ3) is 1.41. The van der Waals surface area contributed by atoms with Crippen LogP contribution in [0.4, 0.5) is 0 Å². The van der Waals surface area contributed by atoms with Crippen molar-refractivity contribution in [1.29, 1.82) is 0 Å². The Morgan fingerprint density at radius 1 is 1.50 bits per heavy atom. The van der Waals surface area contributed by atoms with E-state index in [0.29, 0.717) is 12.0 Å². The molecule has 1 nitrogen and oxygen atoms in total. The highest BCUT2D eigenvalue weighted by Gasteiger charge is 2.35. The van der Waals surface area contributed by atoms with Gasteiger partial charge < -0.3 is 5.73 Å². The molecular formula is C10H12BrN. The summed E-state index contributed by atoms with van der Waals surface area (Å²) in [4.78, 5) is 0. The molecule has 1 aromatic carbocycles. The molecule has 0 radical (unpaired) electrons. The highest BCUT2D eigenvalue weighted by Crippen LogP contribution is 2.40. The zero-order valence-corrected chi connectivity index (χ0v) is 8.64. The fourth-order valence-electron chi connectivity index (χ4n) is 1.63. The van der Waals surface area contributed by atoms with Crippen molar-refractivity contribution < 1.29 is 0 Å². The molecule has 12 heavy (non-hydrogen) atoms. The van der Waals surface area contributed by atoms with Gasteiger partial charge in [-0.2, -0.15) is 0 Å². The molecule has 64 valence electrons. The third-order valence-electron chi connectivity index (χ3n) is 2.47. The predicted molar refractivity (Wildman–Crippen MR) is 54.2 cm³/mol. The largest absolute Gasteiger partial charge is 0.327 e. The number of aryl methyl sites for hydroxylation is 1. The summed E-state index contributed by atoms with van der Waals surface area (Å²) >= 11 is 3.45. The fourth-order valence-corrected chi connectivity index (χ4v) is 2.10. The van der Waals surface area contributed by atoms with Gasteiger partial charge in [-0.1, -0.05) is 22.0 Å². The van der Waals surface area contributed by atoms with Crippen molar-refractivity contribution in [3.8, 4) is 0 Å². The van der Waals surface area contributed by atoms with Gasteiger partial charge in [0.05, 0.1) is 0 Å². The van der Waals surface area contributed by atoms with Gasteiger partial charge >= 0.3 is 0 Å². The molecule has 0 bridgehead atoms. The monoisotopic (exact) mass is 225 g/mol. The molecule has 1 fully saturated rings. The van der Waals surface area contributed by atoms with Crippen LogP contribution < -0.4 is 5.73 Å². The van der Waals surface area contributed by atoms with E-state index in [0.717, 1.165) is 10.9 Å². The summed E-state index contributed by atoms with van der Waals surface area (Å²) in [5, 5.41) is 0. The Bertz CT molecular complexity index is 309. The molecule has 1 saturated carbocycles. The lowest BCUT2D eigenvalue weighted by Gasteiger charge is -2.03. The highest BCUT2D eigenvalue weighted by atomic mass is 79.9. The summed E-state index contributed by atoms with van der Waals surface area (Å²) in [6.07, 6.45) is 1.16. The molecule has 1 aliphatic rings. The first-order valence-corrected chi connectivity index (χ1v) is 4.99. The van der Waals surface area contributed by atoms with Gasteiger partial charge in [0.2, 0.25) is 0 Å². The molecule has 0 amide bonds. The summed E-state index contributed by atoms with van der Waals surface area (Å²) in [6.45, 7) is 2.14. The van der Waals surface area contributed by atoms with Crippen LogP contribution in [-0.2, 0) is 0 Å². The number of halogens is 1. The molecule has 0 heterocycles. The molecule has 2 unspecified atom stereocenters. The van der Waals surface area contributed by atoms with Crippen LogP contribution in [0.5, 0.6) is 0 Å². The first kappa shape index (κ1) is 8.27. The van der Waals surface area contributed by atoms with Gasteiger partial charge in [-0.25, -0.2) is 0 Å². The van der Waals surface area contributed by atoms with E-state index >= 15 is 0 Å². The molecule has 0 aliphatic heterocycles. The van der Waals surface area contributed by atoms with Crippen LogP contribution in [0.3, 0.4) is 0 Å². The molecule has 0 saturated heterocycles. The smallest absolute Gasteiger partial charge is 0.0178 e. The summed E-state index contributed by atoms with van der Waals surface area (Å²) < 4.78 is 1.15. The minimum Gasteiger partial charge on any atom is -0.327 e. The molecular weight excluding hydrogens is 214 g/mol. The van der Waals surface area contributed by atoms with Crippen molar-refractivity contribution in [3.05, 3.63) is 33.8 Å². The van der Waals surface area contributed by atoms with Crippen LogP contribution in [0.15, 0.2) is 22.7 Å². The zero-order chi connectivity index (χ0) is 8.72. The minimum atomic E-state index is 0.407. The summed E-state index contributed by atoms with van der Waals surface area (Å²) in [5.41, 5.74) is 8.57. The van der Waals surface area contributed by atoms with Crippen molar-refractivity contribution >= 4 is 15.9 Å². The lowest BCUT2D eigenvalue weighted by molar-refractivity contribution is 0.980. The maximum Gasteiger partial charge on any atom is 0.0178 e. The van der Waals surface area contributed by atoms with Crippen molar-refractivity contribution in [1.82, 2.24) is 0 Å². The van der Waals surface area contributed by atoms with Gasteiger partial charge in [0, 0.05) is 16.4 Å². The Balaban J connectivity index is 2.33. The van der Waals surface area contributed by atoms with Crippen LogP contribution in [-0.4, -0.2) is 6.04 Å². The molecule has 0 spiro atoms. The standard InChI is InChI=1S/C10H12BrN/c1-6-4-7(11)2-3-8(6)9-5-10(9)12/h2-4,9-10H,5,12H2,1H3. The summed E-state index contributed by atoms with van der Waals surface area (Å²) in [5.74, 6) is 0.623. The van der Waals surface area contributed by atoms with Crippen molar-refractivity contribution in [2.45, 2.75) is 25.3 Å². The van der Waals surface area contributed by atoms with Crippen LogP contribution in [0.1, 0.15) is 23.5 Å². The topological polar surface area (TPSA) is 26.0 Å². The van der Waals surface area contributed by atoms with Gasteiger partial charge in [0.15, 0.2) is 0 Å². The van der Waals surface area contributed by atoms with Gasteiger partial charge in [-0.3, -0.25) is 0 Å². The Morgan fingerprint density at radius 2 is 2.17 bits per heavy atom. The number of rotatable bonds is 1.